The average molecular weight is 224 g/mol. The molecule has 16 heavy (non-hydrogen) atoms. The van der Waals surface area contributed by atoms with Gasteiger partial charge in [-0.2, -0.15) is 0 Å². The van der Waals surface area contributed by atoms with Crippen LogP contribution in [-0.4, -0.2) is 41.6 Å². The normalized spacial score (nSPS) is 11.2. The first kappa shape index (κ1) is 13.2. The van der Waals surface area contributed by atoms with Gasteiger partial charge in [-0.25, -0.2) is 4.98 Å². The highest BCUT2D eigenvalue weighted by Gasteiger charge is 2.01. The summed E-state index contributed by atoms with van der Waals surface area (Å²) in [6.45, 7) is 6.30. The molecule has 4 nitrogen and oxygen atoms in total. The summed E-state index contributed by atoms with van der Waals surface area (Å²) < 4.78 is 2.24. The zero-order chi connectivity index (χ0) is 11.8. The topological polar surface area (TPSA) is 33.1 Å². The Morgan fingerprint density at radius 1 is 1.44 bits per heavy atom. The third-order valence-corrected chi connectivity index (χ3v) is 2.52. The summed E-state index contributed by atoms with van der Waals surface area (Å²) in [4.78, 5) is 6.59. The average Bonchev–Trinajstić information content (AvgIpc) is 2.66. The van der Waals surface area contributed by atoms with Gasteiger partial charge in [-0.05, 0) is 40.0 Å². The van der Waals surface area contributed by atoms with E-state index < -0.39 is 0 Å². The van der Waals surface area contributed by atoms with Gasteiger partial charge in [-0.15, -0.1) is 0 Å². The number of nitrogens with zero attached hydrogens (tertiary/aromatic N) is 3. The molecule has 0 aliphatic carbocycles. The van der Waals surface area contributed by atoms with Gasteiger partial charge < -0.3 is 14.8 Å². The van der Waals surface area contributed by atoms with E-state index in [-0.39, 0.29) is 0 Å². The summed E-state index contributed by atoms with van der Waals surface area (Å²) in [5.41, 5.74) is 0. The molecule has 0 fully saturated rings. The molecule has 0 spiro atoms. The molecule has 0 radical (unpaired) electrons. The highest BCUT2D eigenvalue weighted by molar-refractivity contribution is 4.91. The maximum absolute atomic E-state index is 4.37. The fourth-order valence-electron chi connectivity index (χ4n) is 1.65. The second kappa shape index (κ2) is 7.41. The smallest absolute Gasteiger partial charge is 0.122 e. The summed E-state index contributed by atoms with van der Waals surface area (Å²) in [6, 6.07) is 0. The van der Waals surface area contributed by atoms with Crippen LogP contribution in [0.2, 0.25) is 0 Å². The molecule has 1 rings (SSSR count). The first-order chi connectivity index (χ1) is 7.74. The van der Waals surface area contributed by atoms with Gasteiger partial charge in [0.05, 0.1) is 6.54 Å². The Bertz CT molecular complexity index is 280. The fraction of sp³-hybridized carbons (Fsp3) is 0.750. The predicted octanol–water partition coefficient (Wildman–Crippen LogP) is 1.33. The van der Waals surface area contributed by atoms with Crippen molar-refractivity contribution in [3.63, 3.8) is 0 Å². The number of aromatic nitrogens is 2. The van der Waals surface area contributed by atoms with E-state index in [1.54, 1.807) is 0 Å². The summed E-state index contributed by atoms with van der Waals surface area (Å²) in [5.74, 6) is 1.15. The van der Waals surface area contributed by atoms with Crippen molar-refractivity contribution in [3.05, 3.63) is 18.2 Å². The third-order valence-electron chi connectivity index (χ3n) is 2.52. The molecule has 0 aliphatic heterocycles. The summed E-state index contributed by atoms with van der Waals surface area (Å²) >= 11 is 0. The monoisotopic (exact) mass is 224 g/mol. The minimum absolute atomic E-state index is 0.878. The van der Waals surface area contributed by atoms with Crippen LogP contribution in [0.1, 0.15) is 25.6 Å². The third kappa shape index (κ3) is 4.77. The molecular formula is C12H24N4. The van der Waals surface area contributed by atoms with Gasteiger partial charge in [0.2, 0.25) is 0 Å². The lowest BCUT2D eigenvalue weighted by Gasteiger charge is -2.11. The van der Waals surface area contributed by atoms with Gasteiger partial charge >= 0.3 is 0 Å². The maximum Gasteiger partial charge on any atom is 0.122 e. The van der Waals surface area contributed by atoms with Crippen LogP contribution < -0.4 is 5.32 Å². The Kier molecular flexibility index (Phi) is 6.11. The summed E-state index contributed by atoms with van der Waals surface area (Å²) in [5, 5.41) is 3.38. The maximum atomic E-state index is 4.37. The number of rotatable bonds is 8. The van der Waals surface area contributed by atoms with E-state index in [0.717, 1.165) is 32.0 Å². The van der Waals surface area contributed by atoms with Crippen LogP contribution in [0.5, 0.6) is 0 Å². The molecule has 0 saturated heterocycles. The summed E-state index contributed by atoms with van der Waals surface area (Å²) in [7, 11) is 4.22. The largest absolute Gasteiger partial charge is 0.334 e. The van der Waals surface area contributed by atoms with Crippen LogP contribution >= 0.6 is 0 Å². The van der Waals surface area contributed by atoms with E-state index >= 15 is 0 Å². The van der Waals surface area contributed by atoms with Crippen molar-refractivity contribution in [2.45, 2.75) is 32.9 Å². The minimum atomic E-state index is 0.878. The molecule has 0 bridgehead atoms. The predicted molar refractivity (Wildman–Crippen MR) is 67.4 cm³/mol. The van der Waals surface area contributed by atoms with Crippen molar-refractivity contribution < 1.29 is 0 Å². The zero-order valence-corrected chi connectivity index (χ0v) is 10.7. The number of hydrogen-bond acceptors (Lipinski definition) is 3. The first-order valence-corrected chi connectivity index (χ1v) is 6.09. The van der Waals surface area contributed by atoms with Gasteiger partial charge in [-0.3, -0.25) is 0 Å². The Hall–Kier alpha value is -0.870. The van der Waals surface area contributed by atoms with Crippen LogP contribution in [0.25, 0.3) is 0 Å². The SMILES string of the molecule is CCCNCc1nccn1CCCN(C)C. The quantitative estimate of drug-likeness (QED) is 0.676. The summed E-state index contributed by atoms with van der Waals surface area (Å²) in [6.07, 6.45) is 6.29. The highest BCUT2D eigenvalue weighted by Crippen LogP contribution is 1.99. The Balaban J connectivity index is 2.32. The Labute approximate surface area is 98.7 Å². The van der Waals surface area contributed by atoms with Crippen molar-refractivity contribution in [3.8, 4) is 0 Å². The molecule has 1 aromatic heterocycles. The molecule has 0 aliphatic rings. The van der Waals surface area contributed by atoms with Crippen LogP contribution in [0.15, 0.2) is 12.4 Å². The molecule has 4 heteroatoms. The van der Waals surface area contributed by atoms with Crippen molar-refractivity contribution in [1.29, 1.82) is 0 Å². The standard InChI is InChI=1S/C12H24N4/c1-4-6-13-11-12-14-7-10-16(12)9-5-8-15(2)3/h7,10,13H,4-6,8-9,11H2,1-3H3. The molecule has 0 atom stereocenters. The van der Waals surface area contributed by atoms with Crippen molar-refractivity contribution >= 4 is 0 Å². The van der Waals surface area contributed by atoms with E-state index in [1.807, 2.05) is 6.20 Å². The molecule has 1 heterocycles. The second-order valence-corrected chi connectivity index (χ2v) is 4.37. The fourth-order valence-corrected chi connectivity index (χ4v) is 1.65. The number of aryl methyl sites for hydroxylation is 1. The van der Waals surface area contributed by atoms with Gasteiger partial charge in [-0.1, -0.05) is 6.92 Å². The lowest BCUT2D eigenvalue weighted by molar-refractivity contribution is 0.384. The van der Waals surface area contributed by atoms with E-state index in [4.69, 9.17) is 0 Å². The van der Waals surface area contributed by atoms with E-state index in [2.05, 4.69) is 47.0 Å². The van der Waals surface area contributed by atoms with Crippen LogP contribution in [-0.2, 0) is 13.1 Å². The lowest BCUT2D eigenvalue weighted by Crippen LogP contribution is -2.19. The van der Waals surface area contributed by atoms with Crippen molar-refractivity contribution in [1.82, 2.24) is 19.8 Å². The molecular weight excluding hydrogens is 200 g/mol. The molecule has 0 saturated carbocycles. The van der Waals surface area contributed by atoms with E-state index in [1.165, 1.54) is 12.8 Å². The zero-order valence-electron chi connectivity index (χ0n) is 10.7. The van der Waals surface area contributed by atoms with Crippen LogP contribution in [0, 0.1) is 0 Å². The van der Waals surface area contributed by atoms with Gasteiger partial charge in [0, 0.05) is 18.9 Å². The van der Waals surface area contributed by atoms with Gasteiger partial charge in [0.15, 0.2) is 0 Å². The molecule has 1 aromatic rings. The highest BCUT2D eigenvalue weighted by atomic mass is 15.1. The van der Waals surface area contributed by atoms with Gasteiger partial charge in [0.1, 0.15) is 5.82 Å². The number of nitrogens with one attached hydrogen (secondary N) is 1. The van der Waals surface area contributed by atoms with Crippen LogP contribution in [0.4, 0.5) is 0 Å². The Morgan fingerprint density at radius 2 is 2.25 bits per heavy atom. The lowest BCUT2D eigenvalue weighted by atomic mass is 10.4. The molecule has 0 aromatic carbocycles. The van der Waals surface area contributed by atoms with Crippen molar-refractivity contribution in [2.24, 2.45) is 0 Å². The van der Waals surface area contributed by atoms with E-state index in [0.29, 0.717) is 0 Å². The minimum Gasteiger partial charge on any atom is -0.334 e. The van der Waals surface area contributed by atoms with Crippen molar-refractivity contribution in [2.75, 3.05) is 27.2 Å². The molecule has 0 unspecified atom stereocenters. The van der Waals surface area contributed by atoms with Gasteiger partial charge in [0.25, 0.3) is 0 Å². The molecule has 0 amide bonds. The number of imidazole rings is 1. The van der Waals surface area contributed by atoms with Crippen LogP contribution in [0.3, 0.4) is 0 Å². The first-order valence-electron chi connectivity index (χ1n) is 6.09. The Morgan fingerprint density at radius 3 is 2.94 bits per heavy atom. The molecule has 92 valence electrons. The molecule has 1 N–H and O–H groups in total. The number of hydrogen-bond donors (Lipinski definition) is 1. The second-order valence-electron chi connectivity index (χ2n) is 4.37. The van der Waals surface area contributed by atoms with E-state index in [9.17, 15) is 0 Å².